The Hall–Kier alpha value is -0.940. The van der Waals surface area contributed by atoms with Crippen LogP contribution in [0.5, 0.6) is 0 Å². The Bertz CT molecular complexity index is 343. The summed E-state index contributed by atoms with van der Waals surface area (Å²) in [6, 6.07) is 0. The Morgan fingerprint density at radius 1 is 1.38 bits per heavy atom. The summed E-state index contributed by atoms with van der Waals surface area (Å²) in [5, 5.41) is 7.32. The average Bonchev–Trinajstić information content (AvgIpc) is 2.80. The smallest absolute Gasteiger partial charge is 0.229 e. The van der Waals surface area contributed by atoms with Crippen LogP contribution in [0.25, 0.3) is 0 Å². The highest BCUT2D eigenvalue weighted by atomic mass is 16.5. The quantitative estimate of drug-likeness (QED) is 0.843. The molecule has 1 aromatic heterocycles. The number of ether oxygens (including phenoxy) is 1. The SMILES string of the molecule is COC(C)(C)c1noc(C2CCNCC2)n1. The van der Waals surface area contributed by atoms with E-state index in [2.05, 4.69) is 15.5 Å². The minimum Gasteiger partial charge on any atom is -0.371 e. The largest absolute Gasteiger partial charge is 0.371 e. The predicted molar refractivity (Wildman–Crippen MR) is 59.2 cm³/mol. The standard InChI is InChI=1S/C11H19N3O2/c1-11(2,15-3)10-13-9(16-14-10)8-4-6-12-7-5-8/h8,12H,4-7H2,1-3H3. The Morgan fingerprint density at radius 2 is 2.06 bits per heavy atom. The number of rotatable bonds is 3. The molecule has 1 aliphatic heterocycles. The van der Waals surface area contributed by atoms with Crippen LogP contribution < -0.4 is 5.32 Å². The number of hydrogen-bond acceptors (Lipinski definition) is 5. The van der Waals surface area contributed by atoms with Gasteiger partial charge in [0.1, 0.15) is 5.60 Å². The summed E-state index contributed by atoms with van der Waals surface area (Å²) in [6.45, 7) is 5.92. The van der Waals surface area contributed by atoms with E-state index in [-0.39, 0.29) is 0 Å². The van der Waals surface area contributed by atoms with Crippen molar-refractivity contribution in [1.29, 1.82) is 0 Å². The molecule has 0 saturated carbocycles. The maximum absolute atomic E-state index is 5.33. The summed E-state index contributed by atoms with van der Waals surface area (Å²) in [5.41, 5.74) is -0.478. The van der Waals surface area contributed by atoms with Gasteiger partial charge in [-0.2, -0.15) is 4.98 Å². The summed E-state index contributed by atoms with van der Waals surface area (Å²) in [4.78, 5) is 4.45. The van der Waals surface area contributed by atoms with Gasteiger partial charge in [-0.1, -0.05) is 5.16 Å². The molecule has 1 saturated heterocycles. The molecule has 0 aliphatic carbocycles. The first-order valence-corrected chi connectivity index (χ1v) is 5.73. The first-order chi connectivity index (χ1) is 7.63. The molecule has 0 unspecified atom stereocenters. The molecular weight excluding hydrogens is 206 g/mol. The second-order valence-electron chi connectivity index (χ2n) is 4.69. The number of piperidine rings is 1. The van der Waals surface area contributed by atoms with Gasteiger partial charge in [0.2, 0.25) is 11.7 Å². The van der Waals surface area contributed by atoms with Crippen molar-refractivity contribution < 1.29 is 9.26 Å². The van der Waals surface area contributed by atoms with Gasteiger partial charge in [0, 0.05) is 13.0 Å². The van der Waals surface area contributed by atoms with Gasteiger partial charge in [-0.25, -0.2) is 0 Å². The average molecular weight is 225 g/mol. The topological polar surface area (TPSA) is 60.2 Å². The first-order valence-electron chi connectivity index (χ1n) is 5.73. The van der Waals surface area contributed by atoms with E-state index in [1.54, 1.807) is 7.11 Å². The molecule has 1 aliphatic rings. The van der Waals surface area contributed by atoms with E-state index in [9.17, 15) is 0 Å². The number of nitrogens with one attached hydrogen (secondary N) is 1. The molecule has 1 fully saturated rings. The van der Waals surface area contributed by atoms with Gasteiger partial charge < -0.3 is 14.6 Å². The number of nitrogens with zero attached hydrogens (tertiary/aromatic N) is 2. The molecule has 0 radical (unpaired) electrons. The van der Waals surface area contributed by atoms with Gasteiger partial charge in [0.05, 0.1) is 0 Å². The summed E-state index contributed by atoms with van der Waals surface area (Å²) < 4.78 is 10.7. The zero-order valence-corrected chi connectivity index (χ0v) is 10.1. The fourth-order valence-corrected chi connectivity index (χ4v) is 1.81. The molecule has 0 aromatic carbocycles. The van der Waals surface area contributed by atoms with E-state index in [1.807, 2.05) is 13.8 Å². The molecule has 5 heteroatoms. The van der Waals surface area contributed by atoms with Crippen LogP contribution in [0.15, 0.2) is 4.52 Å². The van der Waals surface area contributed by atoms with Gasteiger partial charge in [0.15, 0.2) is 0 Å². The van der Waals surface area contributed by atoms with E-state index in [4.69, 9.17) is 9.26 Å². The van der Waals surface area contributed by atoms with Crippen molar-refractivity contribution in [3.05, 3.63) is 11.7 Å². The Balaban J connectivity index is 2.12. The van der Waals surface area contributed by atoms with E-state index < -0.39 is 5.60 Å². The third kappa shape index (κ3) is 2.25. The van der Waals surface area contributed by atoms with Crippen LogP contribution in [0.2, 0.25) is 0 Å². The number of methoxy groups -OCH3 is 1. The predicted octanol–water partition coefficient (Wildman–Crippen LogP) is 1.42. The molecule has 2 rings (SSSR count). The Labute approximate surface area is 95.6 Å². The summed E-state index contributed by atoms with van der Waals surface area (Å²) in [5.74, 6) is 1.78. The van der Waals surface area contributed by atoms with Crippen molar-refractivity contribution in [3.8, 4) is 0 Å². The van der Waals surface area contributed by atoms with Crippen LogP contribution in [0.3, 0.4) is 0 Å². The zero-order valence-electron chi connectivity index (χ0n) is 10.1. The number of aromatic nitrogens is 2. The van der Waals surface area contributed by atoms with Crippen molar-refractivity contribution in [2.24, 2.45) is 0 Å². The Kier molecular flexibility index (Phi) is 3.25. The highest BCUT2D eigenvalue weighted by Gasteiger charge is 2.28. The lowest BCUT2D eigenvalue weighted by Gasteiger charge is -2.19. The molecule has 0 atom stereocenters. The van der Waals surface area contributed by atoms with Gasteiger partial charge in [0.25, 0.3) is 0 Å². The van der Waals surface area contributed by atoms with Gasteiger partial charge in [-0.05, 0) is 39.8 Å². The molecule has 90 valence electrons. The number of hydrogen-bond donors (Lipinski definition) is 1. The molecule has 0 amide bonds. The lowest BCUT2D eigenvalue weighted by atomic mass is 9.98. The van der Waals surface area contributed by atoms with E-state index >= 15 is 0 Å². The van der Waals surface area contributed by atoms with Crippen molar-refractivity contribution >= 4 is 0 Å². The van der Waals surface area contributed by atoms with Crippen LogP contribution in [-0.2, 0) is 10.3 Å². The Morgan fingerprint density at radius 3 is 2.69 bits per heavy atom. The van der Waals surface area contributed by atoms with Crippen molar-refractivity contribution in [3.63, 3.8) is 0 Å². The fourth-order valence-electron chi connectivity index (χ4n) is 1.81. The summed E-state index contributed by atoms with van der Waals surface area (Å²) in [6.07, 6.45) is 2.13. The van der Waals surface area contributed by atoms with Gasteiger partial charge in [-0.15, -0.1) is 0 Å². The highest BCUT2D eigenvalue weighted by Crippen LogP contribution is 2.27. The van der Waals surface area contributed by atoms with E-state index in [0.717, 1.165) is 31.8 Å². The van der Waals surface area contributed by atoms with Gasteiger partial charge >= 0.3 is 0 Å². The summed E-state index contributed by atoms with van der Waals surface area (Å²) >= 11 is 0. The van der Waals surface area contributed by atoms with Crippen LogP contribution in [0.4, 0.5) is 0 Å². The maximum Gasteiger partial charge on any atom is 0.229 e. The molecule has 0 bridgehead atoms. The minimum absolute atomic E-state index is 0.398. The highest BCUT2D eigenvalue weighted by molar-refractivity contribution is 5.01. The normalized spacial score (nSPS) is 18.9. The third-order valence-electron chi connectivity index (χ3n) is 3.18. The monoisotopic (exact) mass is 225 g/mol. The lowest BCUT2D eigenvalue weighted by Crippen LogP contribution is -2.27. The fraction of sp³-hybridized carbons (Fsp3) is 0.818. The first kappa shape index (κ1) is 11.5. The molecule has 1 N–H and O–H groups in total. The van der Waals surface area contributed by atoms with Crippen LogP contribution in [0.1, 0.15) is 44.3 Å². The molecule has 5 nitrogen and oxygen atoms in total. The molecule has 1 aromatic rings. The van der Waals surface area contributed by atoms with Crippen LogP contribution >= 0.6 is 0 Å². The minimum atomic E-state index is -0.478. The van der Waals surface area contributed by atoms with E-state index in [0.29, 0.717) is 11.7 Å². The second kappa shape index (κ2) is 4.51. The van der Waals surface area contributed by atoms with Crippen LogP contribution in [0, 0.1) is 0 Å². The zero-order chi connectivity index (χ0) is 11.6. The third-order valence-corrected chi connectivity index (χ3v) is 3.18. The van der Waals surface area contributed by atoms with E-state index in [1.165, 1.54) is 0 Å². The van der Waals surface area contributed by atoms with Gasteiger partial charge in [-0.3, -0.25) is 0 Å². The summed E-state index contributed by atoms with van der Waals surface area (Å²) in [7, 11) is 1.65. The van der Waals surface area contributed by atoms with Crippen molar-refractivity contribution in [2.75, 3.05) is 20.2 Å². The molecule has 16 heavy (non-hydrogen) atoms. The van der Waals surface area contributed by atoms with Crippen molar-refractivity contribution in [2.45, 2.75) is 38.2 Å². The maximum atomic E-state index is 5.33. The molecular formula is C11H19N3O2. The van der Waals surface area contributed by atoms with Crippen molar-refractivity contribution in [1.82, 2.24) is 15.5 Å². The molecule has 0 spiro atoms. The lowest BCUT2D eigenvalue weighted by molar-refractivity contribution is 0.00973. The molecule has 2 heterocycles. The second-order valence-corrected chi connectivity index (χ2v) is 4.69. The van der Waals surface area contributed by atoms with Crippen LogP contribution in [-0.4, -0.2) is 30.3 Å².